The molecule has 6 nitrogen and oxygen atoms in total. The molecule has 1 aromatic heterocycles. The molecule has 3 rings (SSSR count). The summed E-state index contributed by atoms with van der Waals surface area (Å²) < 4.78 is 10.5. The predicted octanol–water partition coefficient (Wildman–Crippen LogP) is 5.10. The number of ether oxygens (including phenoxy) is 1. The zero-order chi connectivity index (χ0) is 22.5. The highest BCUT2D eigenvalue weighted by atomic mass is 35.5. The number of halogens is 2. The Morgan fingerprint density at radius 3 is 2.58 bits per heavy atom. The normalized spacial score (nSPS) is 11.3. The Labute approximate surface area is 188 Å². The molecule has 0 saturated carbocycles. The minimum Gasteiger partial charge on any atom is -0.423 e. The van der Waals surface area contributed by atoms with Gasteiger partial charge in [-0.3, -0.25) is 4.79 Å². The lowest BCUT2D eigenvalue weighted by atomic mass is 10.1. The standard InChI is InChI=1S/C23H19Cl2NO5/c1-13(2)12-26-22(28)17-10-15-5-6-16(11-20(15)31-23(17)29)30-21(27)8-4-14-3-7-18(24)19(25)9-14/h3-11,13H,12H2,1-2H3,(H,26,28). The molecule has 0 aliphatic carbocycles. The quantitative estimate of drug-likeness (QED) is 0.239. The Balaban J connectivity index is 1.74. The molecule has 3 aromatic rings. The monoisotopic (exact) mass is 459 g/mol. The van der Waals surface area contributed by atoms with Crippen LogP contribution in [0.5, 0.6) is 5.75 Å². The van der Waals surface area contributed by atoms with E-state index < -0.39 is 17.5 Å². The molecule has 0 aliphatic heterocycles. The summed E-state index contributed by atoms with van der Waals surface area (Å²) in [6.07, 6.45) is 2.77. The van der Waals surface area contributed by atoms with Crippen molar-refractivity contribution >= 4 is 52.1 Å². The van der Waals surface area contributed by atoms with Gasteiger partial charge in [-0.2, -0.15) is 0 Å². The van der Waals surface area contributed by atoms with Crippen molar-refractivity contribution in [2.45, 2.75) is 13.8 Å². The van der Waals surface area contributed by atoms with Gasteiger partial charge in [0, 0.05) is 24.1 Å². The van der Waals surface area contributed by atoms with Crippen molar-refractivity contribution in [3.63, 3.8) is 0 Å². The SMILES string of the molecule is CC(C)CNC(=O)c1cc2ccc(OC(=O)C=Cc3ccc(Cl)c(Cl)c3)cc2oc1=O. The van der Waals surface area contributed by atoms with Gasteiger partial charge < -0.3 is 14.5 Å². The Morgan fingerprint density at radius 2 is 1.87 bits per heavy atom. The largest absolute Gasteiger partial charge is 0.423 e. The maximum atomic E-state index is 12.2. The van der Waals surface area contributed by atoms with Crippen molar-refractivity contribution in [2.75, 3.05) is 6.54 Å². The van der Waals surface area contributed by atoms with Crippen molar-refractivity contribution in [1.29, 1.82) is 0 Å². The molecule has 0 bridgehead atoms. The van der Waals surface area contributed by atoms with E-state index in [9.17, 15) is 14.4 Å². The highest BCUT2D eigenvalue weighted by molar-refractivity contribution is 6.42. The number of hydrogen-bond acceptors (Lipinski definition) is 5. The van der Waals surface area contributed by atoms with E-state index >= 15 is 0 Å². The first-order valence-corrected chi connectivity index (χ1v) is 10.2. The molecule has 0 saturated heterocycles. The molecule has 160 valence electrons. The summed E-state index contributed by atoms with van der Waals surface area (Å²) in [5.74, 6) is -0.680. The molecule has 1 N–H and O–H groups in total. The molecule has 0 unspecified atom stereocenters. The van der Waals surface area contributed by atoms with E-state index in [1.54, 1.807) is 30.3 Å². The molecular weight excluding hydrogens is 441 g/mol. The van der Waals surface area contributed by atoms with Crippen LogP contribution in [0.2, 0.25) is 10.0 Å². The van der Waals surface area contributed by atoms with E-state index in [1.807, 2.05) is 13.8 Å². The molecule has 1 heterocycles. The topological polar surface area (TPSA) is 85.6 Å². The highest BCUT2D eigenvalue weighted by Gasteiger charge is 2.14. The number of nitrogens with one attached hydrogen (secondary N) is 1. The molecule has 31 heavy (non-hydrogen) atoms. The van der Waals surface area contributed by atoms with Crippen molar-refractivity contribution < 1.29 is 18.7 Å². The summed E-state index contributed by atoms with van der Waals surface area (Å²) >= 11 is 11.8. The van der Waals surface area contributed by atoms with Gasteiger partial charge >= 0.3 is 11.6 Å². The molecule has 0 atom stereocenters. The number of hydrogen-bond donors (Lipinski definition) is 1. The lowest BCUT2D eigenvalue weighted by Crippen LogP contribution is -2.31. The van der Waals surface area contributed by atoms with Crippen molar-refractivity contribution in [3.8, 4) is 5.75 Å². The number of rotatable bonds is 6. The van der Waals surface area contributed by atoms with Crippen LogP contribution in [-0.4, -0.2) is 18.4 Å². The summed E-state index contributed by atoms with van der Waals surface area (Å²) in [7, 11) is 0. The molecule has 2 aromatic carbocycles. The fraction of sp³-hybridized carbons (Fsp3) is 0.174. The number of carbonyl (C=O) groups is 2. The molecular formula is C23H19Cl2NO5. The van der Waals surface area contributed by atoms with Crippen LogP contribution in [0.3, 0.4) is 0 Å². The van der Waals surface area contributed by atoms with E-state index in [-0.39, 0.29) is 22.8 Å². The van der Waals surface area contributed by atoms with E-state index in [0.29, 0.717) is 27.5 Å². The first kappa shape index (κ1) is 22.6. The zero-order valence-electron chi connectivity index (χ0n) is 16.8. The lowest BCUT2D eigenvalue weighted by molar-refractivity contribution is -0.128. The van der Waals surface area contributed by atoms with Crippen LogP contribution >= 0.6 is 23.2 Å². The molecule has 0 spiro atoms. The van der Waals surface area contributed by atoms with Gasteiger partial charge in [-0.1, -0.05) is 43.1 Å². The average Bonchev–Trinajstić information content (AvgIpc) is 2.72. The zero-order valence-corrected chi connectivity index (χ0v) is 18.3. The number of amides is 1. The van der Waals surface area contributed by atoms with Gasteiger partial charge in [0.05, 0.1) is 10.0 Å². The lowest BCUT2D eigenvalue weighted by Gasteiger charge is -2.08. The van der Waals surface area contributed by atoms with E-state index in [1.165, 1.54) is 24.3 Å². The first-order valence-electron chi connectivity index (χ1n) is 9.44. The van der Waals surface area contributed by atoms with Crippen LogP contribution in [0, 0.1) is 5.92 Å². The molecule has 0 radical (unpaired) electrons. The minimum atomic E-state index is -0.767. The van der Waals surface area contributed by atoms with Crippen LogP contribution in [0.15, 0.2) is 57.8 Å². The Morgan fingerprint density at radius 1 is 1.10 bits per heavy atom. The van der Waals surface area contributed by atoms with Crippen molar-refractivity contribution in [2.24, 2.45) is 5.92 Å². The second-order valence-corrected chi connectivity index (χ2v) is 7.99. The van der Waals surface area contributed by atoms with E-state index in [4.69, 9.17) is 32.4 Å². The summed E-state index contributed by atoms with van der Waals surface area (Å²) in [6.45, 7) is 4.35. The van der Waals surface area contributed by atoms with Gasteiger partial charge in [0.1, 0.15) is 16.9 Å². The van der Waals surface area contributed by atoms with Gasteiger partial charge in [-0.25, -0.2) is 9.59 Å². The third kappa shape index (κ3) is 5.96. The third-order valence-electron chi connectivity index (χ3n) is 4.20. The van der Waals surface area contributed by atoms with Crippen molar-refractivity contribution in [3.05, 3.63) is 80.1 Å². The Kier molecular flexibility index (Phi) is 7.15. The van der Waals surface area contributed by atoms with Crippen LogP contribution in [0.1, 0.15) is 29.8 Å². The van der Waals surface area contributed by atoms with Gasteiger partial charge in [0.2, 0.25) is 0 Å². The third-order valence-corrected chi connectivity index (χ3v) is 4.94. The summed E-state index contributed by atoms with van der Waals surface area (Å²) in [5, 5.41) is 4.00. The highest BCUT2D eigenvalue weighted by Crippen LogP contribution is 2.24. The fourth-order valence-electron chi connectivity index (χ4n) is 2.64. The first-order chi connectivity index (χ1) is 14.7. The molecule has 1 amide bonds. The average molecular weight is 460 g/mol. The van der Waals surface area contributed by atoms with Gasteiger partial charge in [0.25, 0.3) is 5.91 Å². The Hall–Kier alpha value is -3.09. The van der Waals surface area contributed by atoms with Crippen LogP contribution in [0.4, 0.5) is 0 Å². The maximum Gasteiger partial charge on any atom is 0.349 e. The van der Waals surface area contributed by atoms with E-state index in [0.717, 1.165) is 0 Å². The molecule has 0 fully saturated rings. The minimum absolute atomic E-state index is 0.0811. The van der Waals surface area contributed by atoms with E-state index in [2.05, 4.69) is 5.32 Å². The van der Waals surface area contributed by atoms with Gasteiger partial charge in [0.15, 0.2) is 0 Å². The molecule has 8 heteroatoms. The van der Waals surface area contributed by atoms with Crippen molar-refractivity contribution in [1.82, 2.24) is 5.32 Å². The number of esters is 1. The summed E-state index contributed by atoms with van der Waals surface area (Å²) in [6, 6.07) is 11.0. The smallest absolute Gasteiger partial charge is 0.349 e. The number of fused-ring (bicyclic) bond motifs is 1. The van der Waals surface area contributed by atoms with Crippen LogP contribution in [-0.2, 0) is 4.79 Å². The van der Waals surface area contributed by atoms with Gasteiger partial charge in [-0.05, 0) is 47.9 Å². The van der Waals surface area contributed by atoms with Crippen LogP contribution < -0.4 is 15.7 Å². The Bertz CT molecular complexity index is 1230. The summed E-state index contributed by atoms with van der Waals surface area (Å²) in [4.78, 5) is 36.5. The predicted molar refractivity (Wildman–Crippen MR) is 121 cm³/mol. The second-order valence-electron chi connectivity index (χ2n) is 7.18. The number of carbonyl (C=O) groups excluding carboxylic acids is 2. The second kappa shape index (κ2) is 9.81. The van der Waals surface area contributed by atoms with Crippen LogP contribution in [0.25, 0.3) is 17.0 Å². The number of benzene rings is 2. The van der Waals surface area contributed by atoms with Gasteiger partial charge in [-0.15, -0.1) is 0 Å². The molecule has 0 aliphatic rings. The summed E-state index contributed by atoms with van der Waals surface area (Å²) in [5.41, 5.74) is 0.0301. The maximum absolute atomic E-state index is 12.2. The fourth-order valence-corrected chi connectivity index (χ4v) is 2.94.